The summed E-state index contributed by atoms with van der Waals surface area (Å²) in [5.74, 6) is -5.30. The third kappa shape index (κ3) is 4.11. The number of aliphatic hydroxyl groups excluding tert-OH is 1. The highest BCUT2D eigenvalue weighted by Crippen LogP contribution is 2.40. The van der Waals surface area contributed by atoms with Gasteiger partial charge >= 0.3 is 5.92 Å². The fourth-order valence-corrected chi connectivity index (χ4v) is 2.37. The zero-order valence-corrected chi connectivity index (χ0v) is 15.0. The van der Waals surface area contributed by atoms with Crippen LogP contribution in [0.3, 0.4) is 0 Å². The first-order valence-corrected chi connectivity index (χ1v) is 8.34. The predicted octanol–water partition coefficient (Wildman–Crippen LogP) is 2.93. The molecular formula is C16H22F3NO3S. The van der Waals surface area contributed by atoms with E-state index in [2.05, 4.69) is 4.40 Å². The molecule has 0 aliphatic rings. The van der Waals surface area contributed by atoms with Crippen LogP contribution in [0.25, 0.3) is 0 Å². The minimum atomic E-state index is -4.02. The Bertz CT molecular complexity index is 627. The van der Waals surface area contributed by atoms with Crippen molar-refractivity contribution in [3.63, 3.8) is 0 Å². The Balaban J connectivity index is 3.40. The lowest BCUT2D eigenvalue weighted by atomic mass is 9.90. The van der Waals surface area contributed by atoms with Gasteiger partial charge in [0.2, 0.25) is 0 Å². The first-order valence-electron chi connectivity index (χ1n) is 7.23. The third-order valence-electron chi connectivity index (χ3n) is 3.45. The van der Waals surface area contributed by atoms with Crippen LogP contribution in [0, 0.1) is 5.82 Å². The van der Waals surface area contributed by atoms with Crippen molar-refractivity contribution in [3.8, 4) is 0 Å². The molecule has 0 spiro atoms. The molecule has 0 heterocycles. The fourth-order valence-electron chi connectivity index (χ4n) is 1.75. The maximum Gasteiger partial charge on any atom is 0.306 e. The van der Waals surface area contributed by atoms with Gasteiger partial charge in [-0.2, -0.15) is 8.78 Å². The molecule has 2 N–H and O–H groups in total. The first kappa shape index (κ1) is 21.0. The SMILES string of the molecule is C/C(=N\[S+]([O-])C(C)(C)C)c1cccc(C(F)(F)[C@](C)(O)CO)c1F. The number of halogens is 3. The van der Waals surface area contributed by atoms with Gasteiger partial charge in [-0.1, -0.05) is 16.5 Å². The second-order valence-electron chi connectivity index (χ2n) is 6.71. The maximum atomic E-state index is 14.6. The standard InChI is InChI=1S/C16H22F3NO3S/c1-10(20-24(23)14(2,3)4)11-7-6-8-12(13(11)17)16(18,19)15(5,22)9-21/h6-8,21-22H,9H2,1-5H3/b20-10+/t15-,24?/m1/s1. The van der Waals surface area contributed by atoms with Gasteiger partial charge in [0.15, 0.2) is 5.60 Å². The summed E-state index contributed by atoms with van der Waals surface area (Å²) >= 11 is -1.68. The molecule has 136 valence electrons. The highest BCUT2D eigenvalue weighted by molar-refractivity contribution is 7.91. The maximum absolute atomic E-state index is 14.6. The number of rotatable bonds is 5. The van der Waals surface area contributed by atoms with Crippen LogP contribution in [0.4, 0.5) is 13.2 Å². The highest BCUT2D eigenvalue weighted by atomic mass is 32.2. The molecule has 1 aromatic carbocycles. The minimum Gasteiger partial charge on any atom is -0.591 e. The molecule has 0 radical (unpaired) electrons. The molecule has 2 atom stereocenters. The summed E-state index contributed by atoms with van der Waals surface area (Å²) in [6, 6.07) is 3.26. The molecule has 0 bridgehead atoms. The van der Waals surface area contributed by atoms with Crippen LogP contribution in [0.2, 0.25) is 0 Å². The molecule has 24 heavy (non-hydrogen) atoms. The Labute approximate surface area is 142 Å². The van der Waals surface area contributed by atoms with E-state index in [1.54, 1.807) is 20.8 Å². The van der Waals surface area contributed by atoms with Crippen molar-refractivity contribution in [3.05, 3.63) is 35.1 Å². The Morgan fingerprint density at radius 1 is 1.25 bits per heavy atom. The lowest BCUT2D eigenvalue weighted by Gasteiger charge is -2.31. The Hall–Kier alpha value is -1.09. The number of benzene rings is 1. The van der Waals surface area contributed by atoms with Crippen molar-refractivity contribution in [2.24, 2.45) is 4.40 Å². The van der Waals surface area contributed by atoms with Crippen LogP contribution in [0.5, 0.6) is 0 Å². The number of aliphatic hydroxyl groups is 2. The topological polar surface area (TPSA) is 75.9 Å². The van der Waals surface area contributed by atoms with Gasteiger partial charge in [0, 0.05) is 5.56 Å². The molecule has 0 aromatic heterocycles. The molecule has 0 fully saturated rings. The summed E-state index contributed by atoms with van der Waals surface area (Å²) in [7, 11) is 0. The van der Waals surface area contributed by atoms with E-state index in [-0.39, 0.29) is 11.3 Å². The van der Waals surface area contributed by atoms with E-state index in [4.69, 9.17) is 5.11 Å². The molecule has 1 aromatic rings. The molecule has 1 unspecified atom stereocenters. The number of hydrogen-bond donors (Lipinski definition) is 2. The molecule has 0 saturated heterocycles. The summed E-state index contributed by atoms with van der Waals surface area (Å²) in [5, 5.41) is 18.6. The van der Waals surface area contributed by atoms with E-state index in [0.29, 0.717) is 6.92 Å². The first-order chi connectivity index (χ1) is 10.8. The third-order valence-corrected chi connectivity index (χ3v) is 4.94. The molecule has 0 aliphatic carbocycles. The van der Waals surface area contributed by atoms with Gasteiger partial charge in [-0.15, -0.1) is 0 Å². The van der Waals surface area contributed by atoms with E-state index < -0.39 is 45.6 Å². The average Bonchev–Trinajstić information content (AvgIpc) is 2.45. The van der Waals surface area contributed by atoms with Gasteiger partial charge in [0.1, 0.15) is 21.9 Å². The number of hydrogen-bond acceptors (Lipinski definition) is 4. The van der Waals surface area contributed by atoms with Crippen LogP contribution in [-0.4, -0.2) is 37.4 Å². The lowest BCUT2D eigenvalue weighted by Crippen LogP contribution is -2.47. The fraction of sp³-hybridized carbons (Fsp3) is 0.562. The molecule has 0 aliphatic heterocycles. The van der Waals surface area contributed by atoms with Gasteiger partial charge in [0.25, 0.3) is 0 Å². The van der Waals surface area contributed by atoms with Crippen LogP contribution < -0.4 is 0 Å². The van der Waals surface area contributed by atoms with Gasteiger partial charge in [-0.05, 0) is 40.7 Å². The van der Waals surface area contributed by atoms with Crippen LogP contribution in [0.15, 0.2) is 22.6 Å². The van der Waals surface area contributed by atoms with E-state index in [1.165, 1.54) is 19.1 Å². The van der Waals surface area contributed by atoms with Crippen LogP contribution >= 0.6 is 0 Å². The second-order valence-corrected chi connectivity index (χ2v) is 8.62. The van der Waals surface area contributed by atoms with Crippen LogP contribution in [0.1, 0.15) is 45.7 Å². The Morgan fingerprint density at radius 2 is 1.79 bits per heavy atom. The molecule has 0 amide bonds. The van der Waals surface area contributed by atoms with E-state index in [9.17, 15) is 22.8 Å². The zero-order valence-electron chi connectivity index (χ0n) is 14.2. The largest absolute Gasteiger partial charge is 0.591 e. The van der Waals surface area contributed by atoms with Gasteiger partial charge in [0.05, 0.1) is 17.9 Å². The van der Waals surface area contributed by atoms with Crippen molar-refractivity contribution < 1.29 is 27.9 Å². The second kappa shape index (κ2) is 7.03. The summed E-state index contributed by atoms with van der Waals surface area (Å²) < 4.78 is 58.5. The van der Waals surface area contributed by atoms with Crippen molar-refractivity contribution in [1.29, 1.82) is 0 Å². The monoisotopic (exact) mass is 365 g/mol. The summed E-state index contributed by atoms with van der Waals surface area (Å²) in [6.07, 6.45) is 0. The van der Waals surface area contributed by atoms with Crippen molar-refractivity contribution in [2.75, 3.05) is 6.61 Å². The Kier molecular flexibility index (Phi) is 6.14. The minimum absolute atomic E-state index is 0.00190. The quantitative estimate of drug-likeness (QED) is 0.622. The van der Waals surface area contributed by atoms with Crippen molar-refractivity contribution >= 4 is 17.1 Å². The normalized spacial score (nSPS) is 17.5. The molecular weight excluding hydrogens is 343 g/mol. The lowest BCUT2D eigenvalue weighted by molar-refractivity contribution is -0.196. The van der Waals surface area contributed by atoms with Crippen LogP contribution in [-0.2, 0) is 17.3 Å². The highest BCUT2D eigenvalue weighted by Gasteiger charge is 2.52. The van der Waals surface area contributed by atoms with Gasteiger partial charge in [-0.25, -0.2) is 4.39 Å². The average molecular weight is 365 g/mol. The van der Waals surface area contributed by atoms with Crippen molar-refractivity contribution in [1.82, 2.24) is 0 Å². The summed E-state index contributed by atoms with van der Waals surface area (Å²) in [4.78, 5) is 0. The van der Waals surface area contributed by atoms with E-state index >= 15 is 0 Å². The number of alkyl halides is 2. The predicted molar refractivity (Wildman–Crippen MR) is 88.1 cm³/mol. The Morgan fingerprint density at radius 3 is 2.25 bits per heavy atom. The summed E-state index contributed by atoms with van der Waals surface area (Å²) in [6.45, 7) is 5.88. The smallest absolute Gasteiger partial charge is 0.306 e. The number of nitrogens with zero attached hydrogens (tertiary/aromatic N) is 1. The van der Waals surface area contributed by atoms with E-state index in [1.807, 2.05) is 0 Å². The van der Waals surface area contributed by atoms with Crippen molar-refractivity contribution in [2.45, 2.75) is 50.9 Å². The van der Waals surface area contributed by atoms with E-state index in [0.717, 1.165) is 6.07 Å². The molecule has 1 rings (SSSR count). The molecule has 8 heteroatoms. The molecule has 4 nitrogen and oxygen atoms in total. The van der Waals surface area contributed by atoms with Gasteiger partial charge < -0.3 is 14.8 Å². The summed E-state index contributed by atoms with van der Waals surface area (Å²) in [5.41, 5.74) is -4.12. The zero-order chi connectivity index (χ0) is 18.9. The van der Waals surface area contributed by atoms with Gasteiger partial charge in [-0.3, -0.25) is 0 Å². The molecule has 0 saturated carbocycles.